The fraction of sp³-hybridized carbons (Fsp3) is 0.368. The molecule has 0 unspecified atom stereocenters. The molecular weight excluding hydrogens is 378 g/mol. The molecule has 1 saturated heterocycles. The first-order chi connectivity index (χ1) is 13.6. The first-order valence-electron chi connectivity index (χ1n) is 9.24. The number of halogens is 1. The Labute approximate surface area is 165 Å². The van der Waals surface area contributed by atoms with Crippen LogP contribution in [-0.4, -0.2) is 51.5 Å². The van der Waals surface area contributed by atoms with Crippen molar-refractivity contribution < 1.29 is 9.18 Å². The second-order valence-corrected chi connectivity index (χ2v) is 8.11. The lowest BCUT2D eigenvalue weighted by Gasteiger charge is -2.24. The first-order valence-corrected chi connectivity index (χ1v) is 10.1. The maximum Gasteiger partial charge on any atom is 0.270 e. The average molecular weight is 397 g/mol. The number of carbonyl (C=O) groups is 1. The maximum absolute atomic E-state index is 13.4. The van der Waals surface area contributed by atoms with Gasteiger partial charge in [0.15, 0.2) is 0 Å². The van der Waals surface area contributed by atoms with E-state index >= 15 is 0 Å². The highest BCUT2D eigenvalue weighted by atomic mass is 32.1. The molecule has 0 aromatic carbocycles. The monoisotopic (exact) mass is 397 g/mol. The van der Waals surface area contributed by atoms with Crippen LogP contribution in [0, 0.1) is 0 Å². The van der Waals surface area contributed by atoms with Crippen molar-refractivity contribution in [3.05, 3.63) is 41.3 Å². The topological polar surface area (TPSA) is 67.2 Å². The number of nitrogens with zero attached hydrogens (tertiary/aromatic N) is 6. The molecule has 0 saturated carbocycles. The third-order valence-electron chi connectivity index (χ3n) is 5.16. The van der Waals surface area contributed by atoms with Gasteiger partial charge in [-0.1, -0.05) is 0 Å². The number of alkyl halides is 1. The van der Waals surface area contributed by atoms with Crippen LogP contribution >= 0.6 is 11.3 Å². The van der Waals surface area contributed by atoms with Gasteiger partial charge < -0.3 is 9.80 Å². The predicted octanol–water partition coefficient (Wildman–Crippen LogP) is 2.69. The van der Waals surface area contributed by atoms with Crippen molar-refractivity contribution in [2.24, 2.45) is 7.05 Å². The Morgan fingerprint density at radius 2 is 2.14 bits per heavy atom. The number of hydrogen-bond donors (Lipinski definition) is 0. The quantitative estimate of drug-likeness (QED) is 0.680. The molecule has 0 N–H and O–H groups in total. The van der Waals surface area contributed by atoms with Crippen LogP contribution in [0.4, 0.5) is 15.9 Å². The van der Waals surface area contributed by atoms with Crippen molar-refractivity contribution in [2.45, 2.75) is 19.0 Å². The number of amides is 1. The fourth-order valence-electron chi connectivity index (χ4n) is 3.67. The molecule has 0 spiro atoms. The second-order valence-electron chi connectivity index (χ2n) is 7.11. The van der Waals surface area contributed by atoms with Crippen LogP contribution in [0.3, 0.4) is 0 Å². The number of thiazole rings is 1. The number of pyridine rings is 1. The third kappa shape index (κ3) is 2.95. The number of fused-ring (bicyclic) bond motifs is 1. The van der Waals surface area contributed by atoms with Crippen LogP contribution in [0.25, 0.3) is 10.6 Å². The zero-order chi connectivity index (χ0) is 19.3. The summed E-state index contributed by atoms with van der Waals surface area (Å²) in [6.45, 7) is 1.69. The van der Waals surface area contributed by atoms with Gasteiger partial charge in [0.1, 0.15) is 21.9 Å². The van der Waals surface area contributed by atoms with Crippen LogP contribution in [0.15, 0.2) is 30.7 Å². The normalized spacial score (nSPS) is 19.4. The highest BCUT2D eigenvalue weighted by Crippen LogP contribution is 2.33. The molecule has 28 heavy (non-hydrogen) atoms. The van der Waals surface area contributed by atoms with E-state index in [0.717, 1.165) is 27.8 Å². The van der Waals surface area contributed by atoms with E-state index in [4.69, 9.17) is 0 Å². The lowest BCUT2D eigenvalue weighted by Crippen LogP contribution is -2.36. The minimum atomic E-state index is -0.777. The lowest BCUT2D eigenvalue weighted by atomic mass is 10.1. The molecule has 3 aromatic rings. The number of carbonyl (C=O) groups excluding carboxylic acids is 1. The number of aryl methyl sites for hydroxylation is 1. The summed E-state index contributed by atoms with van der Waals surface area (Å²) in [5, 5.41) is 4.94. The molecule has 1 fully saturated rings. The molecule has 1 atom stereocenters. The standard InChI is InChI=1S/C19H19FN6OS/c1-24-11-14(9-22-24)26-7-5-15-17(19(26)27)28-18(23-15)12-2-3-16(21-8-12)25-6-4-13(20)10-25/h2-3,8-9,11,13H,4-7,10H2,1H3/t13-/m1/s1/i20-1. The average Bonchev–Trinajstić information content (AvgIpc) is 3.42. The SMILES string of the molecule is Cn1cc(N2CCc3nc(-c4ccc(N5CC[C@@H]([18F])C5)nc4)sc3C2=O)cn1. The van der Waals surface area contributed by atoms with Gasteiger partial charge in [-0.15, -0.1) is 11.3 Å². The highest BCUT2D eigenvalue weighted by Gasteiger charge is 2.30. The van der Waals surface area contributed by atoms with E-state index in [1.54, 1.807) is 22.0 Å². The van der Waals surface area contributed by atoms with Crippen LogP contribution in [0.5, 0.6) is 0 Å². The minimum Gasteiger partial charge on any atom is -0.354 e. The molecule has 9 heteroatoms. The largest absolute Gasteiger partial charge is 0.354 e. The summed E-state index contributed by atoms with van der Waals surface area (Å²) in [5.74, 6) is 0.748. The summed E-state index contributed by atoms with van der Waals surface area (Å²) < 4.78 is 15.1. The molecule has 2 aliphatic rings. The molecule has 1 amide bonds. The van der Waals surface area contributed by atoms with Gasteiger partial charge in [0.05, 0.1) is 24.1 Å². The number of rotatable bonds is 3. The fourth-order valence-corrected chi connectivity index (χ4v) is 4.72. The van der Waals surface area contributed by atoms with Crippen LogP contribution in [-0.2, 0) is 13.5 Å². The van der Waals surface area contributed by atoms with Crippen LogP contribution in [0.2, 0.25) is 0 Å². The predicted molar refractivity (Wildman–Crippen MR) is 106 cm³/mol. The van der Waals surface area contributed by atoms with Gasteiger partial charge in [-0.2, -0.15) is 5.10 Å². The van der Waals surface area contributed by atoms with Crippen molar-refractivity contribution in [1.29, 1.82) is 0 Å². The van der Waals surface area contributed by atoms with Gasteiger partial charge >= 0.3 is 0 Å². The molecule has 5 heterocycles. The lowest BCUT2D eigenvalue weighted by molar-refractivity contribution is 0.0984. The Hall–Kier alpha value is -2.81. The molecule has 7 nitrogen and oxygen atoms in total. The molecule has 0 radical (unpaired) electrons. The van der Waals surface area contributed by atoms with Gasteiger partial charge in [0.25, 0.3) is 5.91 Å². The molecule has 144 valence electrons. The van der Waals surface area contributed by atoms with Crippen molar-refractivity contribution >= 4 is 28.7 Å². The smallest absolute Gasteiger partial charge is 0.270 e. The molecule has 3 aromatic heterocycles. The molecule has 0 bridgehead atoms. The van der Waals surface area contributed by atoms with Crippen molar-refractivity contribution in [3.8, 4) is 10.6 Å². The molecular formula is C19H19FN6OS. The van der Waals surface area contributed by atoms with Gasteiger partial charge in [-0.3, -0.25) is 9.48 Å². The van der Waals surface area contributed by atoms with E-state index in [-0.39, 0.29) is 5.91 Å². The van der Waals surface area contributed by atoms with E-state index in [1.165, 1.54) is 11.3 Å². The summed E-state index contributed by atoms with van der Waals surface area (Å²) in [6.07, 6.45) is 5.79. The van der Waals surface area contributed by atoms with Gasteiger partial charge in [-0.05, 0) is 18.6 Å². The summed E-state index contributed by atoms with van der Waals surface area (Å²) in [6, 6.07) is 3.85. The molecule has 5 rings (SSSR count). The Balaban J connectivity index is 1.39. The van der Waals surface area contributed by atoms with Crippen molar-refractivity contribution in [3.63, 3.8) is 0 Å². The van der Waals surface area contributed by atoms with E-state index in [0.29, 0.717) is 37.4 Å². The minimum absolute atomic E-state index is 0.0337. The highest BCUT2D eigenvalue weighted by molar-refractivity contribution is 7.17. The second kappa shape index (κ2) is 6.66. The zero-order valence-corrected chi connectivity index (χ0v) is 16.2. The van der Waals surface area contributed by atoms with Gasteiger partial charge in [-0.25, -0.2) is 14.4 Å². The Morgan fingerprint density at radius 1 is 1.25 bits per heavy atom. The van der Waals surface area contributed by atoms with E-state index in [2.05, 4.69) is 15.1 Å². The Morgan fingerprint density at radius 3 is 2.82 bits per heavy atom. The van der Waals surface area contributed by atoms with Crippen LogP contribution in [0.1, 0.15) is 21.8 Å². The number of aromatic nitrogens is 4. The molecule has 2 aliphatic heterocycles. The third-order valence-corrected chi connectivity index (χ3v) is 6.30. The summed E-state index contributed by atoms with van der Waals surface area (Å²) in [7, 11) is 1.83. The summed E-state index contributed by atoms with van der Waals surface area (Å²) in [4.78, 5) is 26.5. The zero-order valence-electron chi connectivity index (χ0n) is 15.4. The van der Waals surface area contributed by atoms with Crippen molar-refractivity contribution in [1.82, 2.24) is 19.7 Å². The van der Waals surface area contributed by atoms with Crippen LogP contribution < -0.4 is 9.80 Å². The number of anilines is 2. The summed E-state index contributed by atoms with van der Waals surface area (Å²) in [5.41, 5.74) is 2.52. The Bertz CT molecular complexity index is 1030. The van der Waals surface area contributed by atoms with E-state index in [9.17, 15) is 9.18 Å². The molecule has 0 aliphatic carbocycles. The van der Waals surface area contributed by atoms with Crippen molar-refractivity contribution in [2.75, 3.05) is 29.4 Å². The number of hydrogen-bond acceptors (Lipinski definition) is 6. The van der Waals surface area contributed by atoms with Gasteiger partial charge in [0, 0.05) is 44.5 Å². The first kappa shape index (κ1) is 17.3. The summed E-state index contributed by atoms with van der Waals surface area (Å²) >= 11 is 1.40. The van der Waals surface area contributed by atoms with E-state index < -0.39 is 6.17 Å². The van der Waals surface area contributed by atoms with E-state index in [1.807, 2.05) is 30.3 Å². The van der Waals surface area contributed by atoms with Gasteiger partial charge in [0.2, 0.25) is 0 Å². The Kier molecular flexibility index (Phi) is 4.12. The maximum atomic E-state index is 13.4.